The molecule has 2 atom stereocenters. The van der Waals surface area contributed by atoms with E-state index in [1.54, 1.807) is 40.1 Å². The van der Waals surface area contributed by atoms with Gasteiger partial charge in [-0.1, -0.05) is 59.1 Å². The number of amides is 4. The number of rotatable bonds is 3. The number of likely N-dealkylation sites (tertiary alicyclic amines) is 2. The zero-order valence-corrected chi connectivity index (χ0v) is 25.6. The molecule has 42 heavy (non-hydrogen) atoms. The number of benzene rings is 3. The molecule has 1 N–H and O–H groups in total. The van der Waals surface area contributed by atoms with Gasteiger partial charge in [-0.2, -0.15) is 0 Å². The van der Waals surface area contributed by atoms with E-state index in [4.69, 9.17) is 39.5 Å². The highest BCUT2D eigenvalue weighted by molar-refractivity contribution is 6.40. The fraction of sp³-hybridized carbons (Fsp3) is 0.323. The lowest BCUT2D eigenvalue weighted by Crippen LogP contribution is -2.51. The second-order valence-corrected chi connectivity index (χ2v) is 12.9. The van der Waals surface area contributed by atoms with Gasteiger partial charge in [0.2, 0.25) is 0 Å². The van der Waals surface area contributed by atoms with Crippen LogP contribution in [0.1, 0.15) is 43.1 Å². The van der Waals surface area contributed by atoms with Gasteiger partial charge in [-0.15, -0.1) is 0 Å². The highest BCUT2D eigenvalue weighted by Gasteiger charge is 2.48. The number of hydrogen-bond donors (Lipinski definition) is 1. The lowest BCUT2D eigenvalue weighted by atomic mass is 9.93. The summed E-state index contributed by atoms with van der Waals surface area (Å²) >= 11 is 19.8. The maximum absolute atomic E-state index is 14.1. The number of carbonyl (C=O) groups is 3. The normalized spacial score (nSPS) is 19.6. The monoisotopic (exact) mass is 626 g/mol. The van der Waals surface area contributed by atoms with Gasteiger partial charge < -0.3 is 19.9 Å². The quantitative estimate of drug-likeness (QED) is 0.326. The second kappa shape index (κ2) is 10.7. The third kappa shape index (κ3) is 5.06. The van der Waals surface area contributed by atoms with Crippen molar-refractivity contribution in [2.45, 2.75) is 51.4 Å². The topological polar surface area (TPSA) is 82.2 Å². The Morgan fingerprint density at radius 2 is 1.52 bits per heavy atom. The predicted molar refractivity (Wildman–Crippen MR) is 164 cm³/mol. The second-order valence-electron chi connectivity index (χ2n) is 11.7. The first-order chi connectivity index (χ1) is 19.9. The predicted octanol–water partition coefficient (Wildman–Crippen LogP) is 7.51. The van der Waals surface area contributed by atoms with E-state index in [-0.39, 0.29) is 30.6 Å². The van der Waals surface area contributed by atoms with E-state index in [2.05, 4.69) is 5.32 Å². The SMILES string of the molecule is CC(C)(C)OC(=O)N1CC2CC1CN2C(=O)c1cc(-c2ccccc2Cl)c2c(c1)N(c1c(Cl)cccc1Cl)C(=O)NC2. The molecule has 3 aliphatic heterocycles. The van der Waals surface area contributed by atoms with Crippen molar-refractivity contribution in [3.05, 3.63) is 80.8 Å². The van der Waals surface area contributed by atoms with E-state index in [9.17, 15) is 14.4 Å². The lowest BCUT2D eigenvalue weighted by molar-refractivity contribution is 0.0126. The summed E-state index contributed by atoms with van der Waals surface area (Å²) in [5, 5.41) is 4.01. The minimum Gasteiger partial charge on any atom is -0.444 e. The molecule has 3 aromatic rings. The van der Waals surface area contributed by atoms with Crippen LogP contribution in [-0.4, -0.2) is 58.6 Å². The molecule has 3 aromatic carbocycles. The standard InChI is InChI=1S/C31H29Cl3N4O4/c1-31(2,3)42-30(41)37-16-18-13-19(37)15-36(18)28(39)17-11-21(20-7-4-5-8-23(20)32)22-14-35-29(40)38(26(22)12-17)27-24(33)9-6-10-25(27)34/h4-12,18-19H,13-16H2,1-3H3,(H,35,40). The summed E-state index contributed by atoms with van der Waals surface area (Å²) in [5.74, 6) is -0.196. The maximum Gasteiger partial charge on any atom is 0.410 e. The van der Waals surface area contributed by atoms with Crippen LogP contribution >= 0.6 is 34.8 Å². The number of nitrogens with one attached hydrogen (secondary N) is 1. The molecule has 2 bridgehead atoms. The molecule has 0 aromatic heterocycles. The Bertz CT molecular complexity index is 1600. The molecule has 3 heterocycles. The molecule has 3 aliphatic rings. The summed E-state index contributed by atoms with van der Waals surface area (Å²) in [6.45, 7) is 6.52. The third-order valence-electron chi connectivity index (χ3n) is 7.79. The first-order valence-corrected chi connectivity index (χ1v) is 14.8. The minimum absolute atomic E-state index is 0.126. The third-order valence-corrected chi connectivity index (χ3v) is 8.73. The number of carbonyl (C=O) groups excluding carboxylic acids is 3. The van der Waals surface area contributed by atoms with Gasteiger partial charge in [-0.3, -0.25) is 9.69 Å². The van der Waals surface area contributed by atoms with Crippen LogP contribution in [0.3, 0.4) is 0 Å². The first-order valence-electron chi connectivity index (χ1n) is 13.7. The van der Waals surface area contributed by atoms with E-state index in [0.717, 1.165) is 16.7 Å². The van der Waals surface area contributed by atoms with Crippen molar-refractivity contribution in [3.8, 4) is 11.1 Å². The van der Waals surface area contributed by atoms with Crippen molar-refractivity contribution in [2.75, 3.05) is 18.0 Å². The average molecular weight is 628 g/mol. The summed E-state index contributed by atoms with van der Waals surface area (Å²) in [6, 6.07) is 15.2. The highest BCUT2D eigenvalue weighted by atomic mass is 35.5. The first kappa shape index (κ1) is 28.6. The molecule has 0 aliphatic carbocycles. The zero-order chi connectivity index (χ0) is 29.9. The molecule has 0 saturated carbocycles. The van der Waals surface area contributed by atoms with Crippen LogP contribution in [0.5, 0.6) is 0 Å². The Morgan fingerprint density at radius 1 is 0.881 bits per heavy atom. The fourth-order valence-corrected chi connectivity index (χ4v) is 6.79. The van der Waals surface area contributed by atoms with Crippen molar-refractivity contribution in [1.29, 1.82) is 0 Å². The van der Waals surface area contributed by atoms with Crippen LogP contribution in [0.25, 0.3) is 11.1 Å². The van der Waals surface area contributed by atoms with Crippen LogP contribution in [0.2, 0.25) is 15.1 Å². The Hall–Kier alpha value is -3.46. The Balaban J connectivity index is 1.42. The Labute approximate surface area is 259 Å². The van der Waals surface area contributed by atoms with E-state index in [0.29, 0.717) is 51.5 Å². The lowest BCUT2D eigenvalue weighted by Gasteiger charge is -2.36. The molecule has 2 saturated heterocycles. The van der Waals surface area contributed by atoms with Crippen LogP contribution in [-0.2, 0) is 11.3 Å². The van der Waals surface area contributed by atoms with E-state index < -0.39 is 11.6 Å². The molecule has 4 amide bonds. The Morgan fingerprint density at radius 3 is 2.17 bits per heavy atom. The number of para-hydroxylation sites is 1. The number of urea groups is 1. The summed E-state index contributed by atoms with van der Waals surface area (Å²) in [6.07, 6.45) is 0.312. The smallest absolute Gasteiger partial charge is 0.410 e. The van der Waals surface area contributed by atoms with Gasteiger partial charge in [0, 0.05) is 41.3 Å². The molecule has 0 spiro atoms. The number of fused-ring (bicyclic) bond motifs is 3. The molecular weight excluding hydrogens is 599 g/mol. The van der Waals surface area contributed by atoms with E-state index >= 15 is 0 Å². The van der Waals surface area contributed by atoms with Gasteiger partial charge in [0.15, 0.2) is 0 Å². The molecular formula is C31H29Cl3N4O4. The zero-order valence-electron chi connectivity index (χ0n) is 23.3. The minimum atomic E-state index is -0.602. The number of anilines is 2. The van der Waals surface area contributed by atoms with Crippen molar-refractivity contribution < 1.29 is 19.1 Å². The van der Waals surface area contributed by atoms with Crippen LogP contribution < -0.4 is 10.2 Å². The molecule has 11 heteroatoms. The highest BCUT2D eigenvalue weighted by Crippen LogP contribution is 2.45. The van der Waals surface area contributed by atoms with Crippen molar-refractivity contribution in [1.82, 2.24) is 15.1 Å². The van der Waals surface area contributed by atoms with Crippen LogP contribution in [0, 0.1) is 0 Å². The molecule has 2 unspecified atom stereocenters. The largest absolute Gasteiger partial charge is 0.444 e. The summed E-state index contributed by atoms with van der Waals surface area (Å²) < 4.78 is 5.58. The van der Waals surface area contributed by atoms with Gasteiger partial charge in [0.25, 0.3) is 5.91 Å². The molecule has 218 valence electrons. The summed E-state index contributed by atoms with van der Waals surface area (Å²) in [5.41, 5.74) is 2.82. The number of piperazine rings is 1. The van der Waals surface area contributed by atoms with Gasteiger partial charge >= 0.3 is 12.1 Å². The molecule has 2 fully saturated rings. The molecule has 8 nitrogen and oxygen atoms in total. The van der Waals surface area contributed by atoms with Gasteiger partial charge in [-0.05, 0) is 63.1 Å². The van der Waals surface area contributed by atoms with E-state index in [1.807, 2.05) is 45.0 Å². The summed E-state index contributed by atoms with van der Waals surface area (Å²) in [4.78, 5) is 45.2. The molecule has 0 radical (unpaired) electrons. The van der Waals surface area contributed by atoms with Gasteiger partial charge in [-0.25, -0.2) is 9.59 Å². The van der Waals surface area contributed by atoms with Crippen molar-refractivity contribution in [2.24, 2.45) is 0 Å². The Kier molecular flexibility index (Phi) is 7.28. The van der Waals surface area contributed by atoms with Crippen molar-refractivity contribution >= 4 is 64.2 Å². The maximum atomic E-state index is 14.1. The summed E-state index contributed by atoms with van der Waals surface area (Å²) in [7, 11) is 0. The number of hydrogen-bond acceptors (Lipinski definition) is 4. The average Bonchev–Trinajstić information content (AvgIpc) is 3.54. The van der Waals surface area contributed by atoms with Gasteiger partial charge in [0.05, 0.1) is 33.5 Å². The van der Waals surface area contributed by atoms with Gasteiger partial charge in [0.1, 0.15) is 5.60 Å². The van der Waals surface area contributed by atoms with Crippen LogP contribution in [0.15, 0.2) is 54.6 Å². The van der Waals surface area contributed by atoms with E-state index in [1.165, 1.54) is 4.90 Å². The van der Waals surface area contributed by atoms with Crippen molar-refractivity contribution in [3.63, 3.8) is 0 Å². The fourth-order valence-electron chi connectivity index (χ4n) is 5.99. The van der Waals surface area contributed by atoms with Crippen LogP contribution in [0.4, 0.5) is 21.0 Å². The molecule has 6 rings (SSSR count). The number of ether oxygens (including phenoxy) is 1. The number of nitrogens with zero attached hydrogens (tertiary/aromatic N) is 3. The number of halogens is 3.